The zero-order valence-electron chi connectivity index (χ0n) is 17.6. The van der Waals surface area contributed by atoms with Crippen LogP contribution in [0.25, 0.3) is 0 Å². The second-order valence-corrected chi connectivity index (χ2v) is 11.2. The Morgan fingerprint density at radius 2 is 1.70 bits per heavy atom. The summed E-state index contributed by atoms with van der Waals surface area (Å²) in [5.74, 6) is 3.91. The number of hydrogen-bond acceptors (Lipinski definition) is 2. The summed E-state index contributed by atoms with van der Waals surface area (Å²) in [6, 6.07) is 0. The fraction of sp³-hybridized carbons (Fsp3) is 0.958. The smallest absolute Gasteiger partial charge is 0.303 e. The van der Waals surface area contributed by atoms with Gasteiger partial charge in [0.25, 0.3) is 0 Å². The summed E-state index contributed by atoms with van der Waals surface area (Å²) in [5.41, 5.74) is 0.882. The molecule has 0 aromatic heterocycles. The molecule has 0 spiro atoms. The van der Waals surface area contributed by atoms with Gasteiger partial charge >= 0.3 is 5.97 Å². The maximum Gasteiger partial charge on any atom is 0.303 e. The normalized spacial score (nSPS) is 50.4. The fourth-order valence-electron chi connectivity index (χ4n) is 8.76. The molecule has 9 atom stereocenters. The monoisotopic (exact) mass is 376 g/mol. The zero-order chi connectivity index (χ0) is 19.4. The van der Waals surface area contributed by atoms with Crippen LogP contribution in [0.15, 0.2) is 0 Å². The number of carboxylic acids is 1. The van der Waals surface area contributed by atoms with Gasteiger partial charge in [-0.15, -0.1) is 0 Å². The molecular formula is C24H40O3. The summed E-state index contributed by atoms with van der Waals surface area (Å²) < 4.78 is 0. The molecule has 3 heteroatoms. The summed E-state index contributed by atoms with van der Waals surface area (Å²) in [7, 11) is 0. The van der Waals surface area contributed by atoms with Gasteiger partial charge in [0.2, 0.25) is 0 Å². The number of aliphatic hydroxyl groups is 1. The van der Waals surface area contributed by atoms with Crippen molar-refractivity contribution >= 4 is 5.97 Å². The molecule has 4 fully saturated rings. The molecule has 0 aromatic carbocycles. The summed E-state index contributed by atoms with van der Waals surface area (Å²) in [6.45, 7) is 7.43. The van der Waals surface area contributed by atoms with Crippen LogP contribution in [-0.4, -0.2) is 22.3 Å². The molecule has 2 N–H and O–H groups in total. The van der Waals surface area contributed by atoms with E-state index in [0.29, 0.717) is 29.1 Å². The van der Waals surface area contributed by atoms with E-state index in [9.17, 15) is 9.90 Å². The van der Waals surface area contributed by atoms with Crippen molar-refractivity contribution < 1.29 is 15.0 Å². The molecular weight excluding hydrogens is 336 g/mol. The van der Waals surface area contributed by atoms with Gasteiger partial charge in [0.05, 0.1) is 6.10 Å². The van der Waals surface area contributed by atoms with Crippen LogP contribution in [0.5, 0.6) is 0 Å². The number of carboxylic acid groups (broad SMARTS) is 1. The van der Waals surface area contributed by atoms with Gasteiger partial charge in [0, 0.05) is 6.42 Å². The summed E-state index contributed by atoms with van der Waals surface area (Å²) in [4.78, 5) is 11.0. The number of aliphatic hydroxyl groups excluding tert-OH is 1. The van der Waals surface area contributed by atoms with Crippen molar-refractivity contribution in [3.63, 3.8) is 0 Å². The lowest BCUT2D eigenvalue weighted by Crippen LogP contribution is -2.54. The molecule has 27 heavy (non-hydrogen) atoms. The van der Waals surface area contributed by atoms with Crippen LogP contribution in [0, 0.1) is 46.3 Å². The average molecular weight is 377 g/mol. The van der Waals surface area contributed by atoms with Crippen LogP contribution >= 0.6 is 0 Å². The third-order valence-corrected chi connectivity index (χ3v) is 10.2. The Kier molecular flexibility index (Phi) is 5.15. The molecule has 3 nitrogen and oxygen atoms in total. The predicted octanol–water partition coefficient (Wildman–Crippen LogP) is 5.51. The second-order valence-electron chi connectivity index (χ2n) is 11.2. The minimum Gasteiger partial charge on any atom is -0.481 e. The topological polar surface area (TPSA) is 57.5 Å². The Balaban J connectivity index is 1.51. The van der Waals surface area contributed by atoms with Crippen molar-refractivity contribution in [1.29, 1.82) is 0 Å². The van der Waals surface area contributed by atoms with Gasteiger partial charge in [-0.25, -0.2) is 0 Å². The van der Waals surface area contributed by atoms with Crippen LogP contribution in [-0.2, 0) is 4.79 Å². The van der Waals surface area contributed by atoms with E-state index in [-0.39, 0.29) is 6.10 Å². The van der Waals surface area contributed by atoms with Gasteiger partial charge in [-0.1, -0.05) is 20.8 Å². The fourth-order valence-corrected chi connectivity index (χ4v) is 8.76. The first-order chi connectivity index (χ1) is 12.8. The van der Waals surface area contributed by atoms with Crippen molar-refractivity contribution in [2.24, 2.45) is 46.3 Å². The van der Waals surface area contributed by atoms with Crippen molar-refractivity contribution in [2.45, 2.75) is 97.5 Å². The standard InChI is InChI=1S/C24H40O3/c1-15(4-9-22(26)27)19-7-8-20-18-6-5-16-14-17(25)10-12-23(16,2)21(18)11-13-24(19,20)3/h15-21,25H,4-14H2,1-3H3,(H,26,27)/t15?,16-,17-,18?,19-,20?,21?,23+,24-/m1/s1. The van der Waals surface area contributed by atoms with Gasteiger partial charge in [0.1, 0.15) is 0 Å². The van der Waals surface area contributed by atoms with Crippen LogP contribution < -0.4 is 0 Å². The maximum absolute atomic E-state index is 11.0. The molecule has 4 rings (SSSR count). The van der Waals surface area contributed by atoms with E-state index in [1.165, 1.54) is 44.9 Å². The number of carbonyl (C=O) groups is 1. The quantitative estimate of drug-likeness (QED) is 0.680. The molecule has 4 aliphatic rings. The Labute approximate surface area is 165 Å². The zero-order valence-corrected chi connectivity index (χ0v) is 17.6. The Morgan fingerprint density at radius 3 is 2.44 bits per heavy atom. The first-order valence-electron chi connectivity index (χ1n) is 11.7. The van der Waals surface area contributed by atoms with Crippen LogP contribution in [0.1, 0.15) is 91.4 Å². The van der Waals surface area contributed by atoms with Gasteiger partial charge in [-0.05, 0) is 111 Å². The Hall–Kier alpha value is -0.570. The maximum atomic E-state index is 11.0. The minimum atomic E-state index is -0.643. The predicted molar refractivity (Wildman–Crippen MR) is 107 cm³/mol. The van der Waals surface area contributed by atoms with E-state index in [0.717, 1.165) is 42.9 Å². The van der Waals surface area contributed by atoms with Gasteiger partial charge in [-0.2, -0.15) is 0 Å². The molecule has 4 aliphatic carbocycles. The Morgan fingerprint density at radius 1 is 1.00 bits per heavy atom. The summed E-state index contributed by atoms with van der Waals surface area (Å²) in [5, 5.41) is 19.3. The van der Waals surface area contributed by atoms with Crippen molar-refractivity contribution in [1.82, 2.24) is 0 Å². The van der Waals surface area contributed by atoms with Gasteiger partial charge in [0.15, 0.2) is 0 Å². The second kappa shape index (κ2) is 7.04. The molecule has 154 valence electrons. The van der Waals surface area contributed by atoms with Crippen LogP contribution in [0.3, 0.4) is 0 Å². The van der Waals surface area contributed by atoms with E-state index < -0.39 is 5.97 Å². The number of rotatable bonds is 4. The van der Waals surface area contributed by atoms with E-state index in [1.807, 2.05) is 0 Å². The van der Waals surface area contributed by atoms with Crippen LogP contribution in [0.2, 0.25) is 0 Å². The highest BCUT2D eigenvalue weighted by atomic mass is 16.4. The lowest BCUT2D eigenvalue weighted by atomic mass is 9.44. The highest BCUT2D eigenvalue weighted by Crippen LogP contribution is 2.68. The van der Waals surface area contributed by atoms with Crippen molar-refractivity contribution in [2.75, 3.05) is 0 Å². The van der Waals surface area contributed by atoms with Gasteiger partial charge < -0.3 is 10.2 Å². The third kappa shape index (κ3) is 3.16. The number of aliphatic carboxylic acids is 1. The van der Waals surface area contributed by atoms with Gasteiger partial charge in [-0.3, -0.25) is 4.79 Å². The van der Waals surface area contributed by atoms with E-state index in [4.69, 9.17) is 5.11 Å². The minimum absolute atomic E-state index is 0.0561. The molecule has 4 saturated carbocycles. The number of fused-ring (bicyclic) bond motifs is 5. The molecule has 0 aliphatic heterocycles. The molecule has 4 unspecified atom stereocenters. The van der Waals surface area contributed by atoms with Crippen molar-refractivity contribution in [3.8, 4) is 0 Å². The van der Waals surface area contributed by atoms with Crippen LogP contribution in [0.4, 0.5) is 0 Å². The summed E-state index contributed by atoms with van der Waals surface area (Å²) >= 11 is 0. The van der Waals surface area contributed by atoms with E-state index >= 15 is 0 Å². The molecule has 0 amide bonds. The highest BCUT2D eigenvalue weighted by molar-refractivity contribution is 5.66. The molecule has 0 radical (unpaired) electrons. The lowest BCUT2D eigenvalue weighted by molar-refractivity contribution is -0.138. The number of hydrogen-bond donors (Lipinski definition) is 2. The molecule has 0 aromatic rings. The first kappa shape index (κ1) is 19.7. The third-order valence-electron chi connectivity index (χ3n) is 10.2. The molecule has 0 saturated heterocycles. The lowest BCUT2D eigenvalue weighted by Gasteiger charge is -2.61. The first-order valence-corrected chi connectivity index (χ1v) is 11.7. The van der Waals surface area contributed by atoms with Crippen molar-refractivity contribution in [3.05, 3.63) is 0 Å². The SMILES string of the molecule is CC(CCC(=O)O)[C@H]1CCC2C3CC[C@@H]4C[C@H](O)CC[C@]4(C)C3CC[C@@]21C. The summed E-state index contributed by atoms with van der Waals surface area (Å²) in [6.07, 6.45) is 12.4. The molecule has 0 heterocycles. The van der Waals surface area contributed by atoms with E-state index in [2.05, 4.69) is 20.8 Å². The molecule has 0 bridgehead atoms. The Bertz CT molecular complexity index is 574. The largest absolute Gasteiger partial charge is 0.481 e. The highest BCUT2D eigenvalue weighted by Gasteiger charge is 2.60. The average Bonchev–Trinajstić information content (AvgIpc) is 2.97. The van der Waals surface area contributed by atoms with E-state index in [1.54, 1.807) is 0 Å².